The summed E-state index contributed by atoms with van der Waals surface area (Å²) in [6.45, 7) is 4.52. The van der Waals surface area contributed by atoms with Gasteiger partial charge >= 0.3 is 5.97 Å². The number of aryl methyl sites for hydroxylation is 1. The number of carbonyl (C=O) groups excluding carboxylic acids is 1. The maximum atomic E-state index is 11.5. The van der Waals surface area contributed by atoms with Gasteiger partial charge in [0.2, 0.25) is 0 Å². The van der Waals surface area contributed by atoms with Crippen LogP contribution in [0.2, 0.25) is 0 Å². The molecule has 0 radical (unpaired) electrons. The third-order valence-corrected chi connectivity index (χ3v) is 2.52. The minimum atomic E-state index is -0.290. The molecule has 1 atom stereocenters. The number of nitrogens with zero attached hydrogens (tertiary/aromatic N) is 2. The van der Waals surface area contributed by atoms with Crippen LogP contribution < -0.4 is 5.32 Å². The van der Waals surface area contributed by atoms with Crippen molar-refractivity contribution in [1.29, 1.82) is 0 Å². The highest BCUT2D eigenvalue weighted by molar-refractivity contribution is 5.75. The molecule has 1 unspecified atom stereocenters. The maximum Gasteiger partial charge on any atom is 0.323 e. The van der Waals surface area contributed by atoms with Gasteiger partial charge < -0.3 is 9.30 Å². The third kappa shape index (κ3) is 3.06. The average Bonchev–Trinajstić information content (AvgIpc) is 2.64. The molecule has 0 aromatic carbocycles. The molecule has 0 aliphatic carbocycles. The minimum absolute atomic E-state index is 0.188. The monoisotopic (exact) mass is 225 g/mol. The topological polar surface area (TPSA) is 56.1 Å². The molecule has 0 fully saturated rings. The Labute approximate surface area is 95.8 Å². The van der Waals surface area contributed by atoms with Crippen molar-refractivity contribution in [3.63, 3.8) is 0 Å². The third-order valence-electron chi connectivity index (χ3n) is 2.52. The lowest BCUT2D eigenvalue weighted by Crippen LogP contribution is -2.41. The highest BCUT2D eigenvalue weighted by Crippen LogP contribution is 2.05. The van der Waals surface area contributed by atoms with Crippen molar-refractivity contribution in [2.24, 2.45) is 13.0 Å². The first kappa shape index (κ1) is 12.7. The van der Waals surface area contributed by atoms with E-state index in [4.69, 9.17) is 4.74 Å². The van der Waals surface area contributed by atoms with Crippen LogP contribution in [-0.2, 0) is 23.1 Å². The predicted octanol–water partition coefficient (Wildman–Crippen LogP) is 0.707. The smallest absolute Gasteiger partial charge is 0.323 e. The minimum Gasteiger partial charge on any atom is -0.468 e. The average molecular weight is 225 g/mol. The molecular formula is C11H19N3O2. The van der Waals surface area contributed by atoms with E-state index >= 15 is 0 Å². The number of aromatic nitrogens is 2. The summed E-state index contributed by atoms with van der Waals surface area (Å²) in [5.74, 6) is 0.853. The molecule has 1 heterocycles. The van der Waals surface area contributed by atoms with E-state index < -0.39 is 0 Å². The van der Waals surface area contributed by atoms with E-state index in [1.165, 1.54) is 7.11 Å². The first-order valence-electron chi connectivity index (χ1n) is 5.33. The molecule has 0 bridgehead atoms. The molecule has 1 N–H and O–H groups in total. The van der Waals surface area contributed by atoms with Crippen molar-refractivity contribution in [3.05, 3.63) is 18.2 Å². The van der Waals surface area contributed by atoms with Gasteiger partial charge in [0.15, 0.2) is 0 Å². The standard InChI is InChI=1S/C11H19N3O2/c1-8(2)10(11(15)16-4)13-7-9-12-5-6-14(9)3/h5-6,8,10,13H,7H2,1-4H3. The van der Waals surface area contributed by atoms with Crippen molar-refractivity contribution in [2.75, 3.05) is 7.11 Å². The number of hydrogen-bond acceptors (Lipinski definition) is 4. The second kappa shape index (κ2) is 5.65. The highest BCUT2D eigenvalue weighted by atomic mass is 16.5. The Hall–Kier alpha value is -1.36. The molecule has 1 aromatic heterocycles. The summed E-state index contributed by atoms with van der Waals surface area (Å²) in [4.78, 5) is 15.7. The van der Waals surface area contributed by atoms with Crippen LogP contribution in [0.1, 0.15) is 19.7 Å². The van der Waals surface area contributed by atoms with Crippen LogP contribution in [0.15, 0.2) is 12.4 Å². The van der Waals surface area contributed by atoms with Gasteiger partial charge in [0.1, 0.15) is 11.9 Å². The maximum absolute atomic E-state index is 11.5. The number of imidazole rings is 1. The van der Waals surface area contributed by atoms with Crippen molar-refractivity contribution >= 4 is 5.97 Å². The largest absolute Gasteiger partial charge is 0.468 e. The van der Waals surface area contributed by atoms with E-state index in [1.807, 2.05) is 31.7 Å². The Morgan fingerprint density at radius 1 is 1.62 bits per heavy atom. The summed E-state index contributed by atoms with van der Waals surface area (Å²) in [6, 6.07) is -0.290. The first-order valence-corrected chi connectivity index (χ1v) is 5.33. The quantitative estimate of drug-likeness (QED) is 0.750. The zero-order valence-electron chi connectivity index (χ0n) is 10.2. The summed E-state index contributed by atoms with van der Waals surface area (Å²) >= 11 is 0. The normalized spacial score (nSPS) is 12.8. The van der Waals surface area contributed by atoms with Gasteiger partial charge in [-0.05, 0) is 5.92 Å². The van der Waals surface area contributed by atoms with Crippen LogP contribution in [0.4, 0.5) is 0 Å². The van der Waals surface area contributed by atoms with Gasteiger partial charge in [-0.1, -0.05) is 13.8 Å². The van der Waals surface area contributed by atoms with Gasteiger partial charge in [-0.3, -0.25) is 10.1 Å². The van der Waals surface area contributed by atoms with Crippen LogP contribution in [0.3, 0.4) is 0 Å². The summed E-state index contributed by atoms with van der Waals surface area (Å²) in [6.07, 6.45) is 3.61. The molecule has 5 heteroatoms. The Kier molecular flexibility index (Phi) is 4.49. The highest BCUT2D eigenvalue weighted by Gasteiger charge is 2.22. The van der Waals surface area contributed by atoms with E-state index in [1.54, 1.807) is 6.20 Å². The number of hydrogen-bond donors (Lipinski definition) is 1. The summed E-state index contributed by atoms with van der Waals surface area (Å²) < 4.78 is 6.66. The van der Waals surface area contributed by atoms with Crippen molar-refractivity contribution in [3.8, 4) is 0 Å². The van der Waals surface area contributed by atoms with Crippen molar-refractivity contribution < 1.29 is 9.53 Å². The lowest BCUT2D eigenvalue weighted by Gasteiger charge is -2.19. The van der Waals surface area contributed by atoms with Gasteiger partial charge in [-0.2, -0.15) is 0 Å². The fourth-order valence-electron chi connectivity index (χ4n) is 1.49. The number of ether oxygens (including phenoxy) is 1. The van der Waals surface area contributed by atoms with Crippen LogP contribution in [0, 0.1) is 5.92 Å². The number of nitrogens with one attached hydrogen (secondary N) is 1. The molecule has 1 aromatic rings. The zero-order chi connectivity index (χ0) is 12.1. The number of methoxy groups -OCH3 is 1. The second-order valence-corrected chi connectivity index (χ2v) is 4.08. The lowest BCUT2D eigenvalue weighted by molar-refractivity contribution is -0.144. The van der Waals surface area contributed by atoms with E-state index in [0.29, 0.717) is 6.54 Å². The van der Waals surface area contributed by atoms with E-state index in [-0.39, 0.29) is 17.9 Å². The Balaban J connectivity index is 2.57. The summed E-state index contributed by atoms with van der Waals surface area (Å²) in [5, 5.41) is 3.16. The second-order valence-electron chi connectivity index (χ2n) is 4.08. The lowest BCUT2D eigenvalue weighted by atomic mass is 10.0. The zero-order valence-corrected chi connectivity index (χ0v) is 10.2. The summed E-state index contributed by atoms with van der Waals surface area (Å²) in [7, 11) is 3.33. The number of esters is 1. The van der Waals surface area contributed by atoms with Crippen LogP contribution in [-0.4, -0.2) is 28.7 Å². The van der Waals surface area contributed by atoms with Gasteiger partial charge in [-0.15, -0.1) is 0 Å². The van der Waals surface area contributed by atoms with Crippen LogP contribution in [0.5, 0.6) is 0 Å². The van der Waals surface area contributed by atoms with Crippen molar-refractivity contribution in [2.45, 2.75) is 26.4 Å². The Bertz CT molecular complexity index is 347. The first-order chi connectivity index (χ1) is 7.56. The molecule has 0 spiro atoms. The Morgan fingerprint density at radius 2 is 2.31 bits per heavy atom. The predicted molar refractivity (Wildman–Crippen MR) is 60.7 cm³/mol. The number of rotatable bonds is 5. The molecule has 90 valence electrons. The molecule has 0 saturated carbocycles. The molecule has 0 aliphatic rings. The van der Waals surface area contributed by atoms with E-state index in [2.05, 4.69) is 10.3 Å². The molecule has 0 amide bonds. The number of carbonyl (C=O) groups is 1. The molecule has 0 aliphatic heterocycles. The molecular weight excluding hydrogens is 206 g/mol. The molecule has 5 nitrogen and oxygen atoms in total. The van der Waals surface area contributed by atoms with E-state index in [0.717, 1.165) is 5.82 Å². The molecule has 1 rings (SSSR count). The van der Waals surface area contributed by atoms with Crippen LogP contribution in [0.25, 0.3) is 0 Å². The van der Waals surface area contributed by atoms with Gasteiger partial charge in [0.25, 0.3) is 0 Å². The fourth-order valence-corrected chi connectivity index (χ4v) is 1.49. The van der Waals surface area contributed by atoms with Crippen molar-refractivity contribution in [1.82, 2.24) is 14.9 Å². The molecule has 0 saturated heterocycles. The van der Waals surface area contributed by atoms with E-state index in [9.17, 15) is 4.79 Å². The summed E-state index contributed by atoms with van der Waals surface area (Å²) in [5.41, 5.74) is 0. The SMILES string of the molecule is COC(=O)C(NCc1nccn1C)C(C)C. The van der Waals surface area contributed by atoms with Crippen LogP contribution >= 0.6 is 0 Å². The Morgan fingerprint density at radius 3 is 2.75 bits per heavy atom. The van der Waals surface area contributed by atoms with Gasteiger partial charge in [-0.25, -0.2) is 4.98 Å². The fraction of sp³-hybridized carbons (Fsp3) is 0.636. The molecule has 16 heavy (non-hydrogen) atoms. The van der Waals surface area contributed by atoms with Gasteiger partial charge in [0.05, 0.1) is 13.7 Å². The van der Waals surface area contributed by atoms with Gasteiger partial charge in [0, 0.05) is 19.4 Å².